The van der Waals surface area contributed by atoms with Gasteiger partial charge in [-0.25, -0.2) is 13.2 Å². The van der Waals surface area contributed by atoms with Gasteiger partial charge in [-0.3, -0.25) is 9.59 Å². The average Bonchev–Trinajstić information content (AvgIpc) is 3.10. The fraction of sp³-hybridized carbons (Fsp3) is 0.300. The van der Waals surface area contributed by atoms with E-state index in [1.807, 2.05) is 0 Å². The van der Waals surface area contributed by atoms with Gasteiger partial charge in [0.2, 0.25) is 0 Å². The van der Waals surface area contributed by atoms with Crippen LogP contribution in [0.2, 0.25) is 0 Å². The lowest BCUT2D eigenvalue weighted by Gasteiger charge is -2.27. The zero-order chi connectivity index (χ0) is 19.4. The molecule has 0 bridgehead atoms. The molecule has 1 amide bonds. The number of benzene rings is 2. The van der Waals surface area contributed by atoms with E-state index in [-0.39, 0.29) is 5.69 Å². The molecule has 2 aromatic carbocycles. The molecule has 0 unspecified atom stereocenters. The summed E-state index contributed by atoms with van der Waals surface area (Å²) in [5.41, 5.74) is -0.319. The number of esters is 1. The lowest BCUT2D eigenvalue weighted by Crippen LogP contribution is -2.36. The molecule has 27 heavy (non-hydrogen) atoms. The molecule has 0 spiro atoms. The van der Waals surface area contributed by atoms with Crippen LogP contribution in [0.3, 0.4) is 0 Å². The van der Waals surface area contributed by atoms with Crippen LogP contribution in [-0.4, -0.2) is 18.5 Å². The lowest BCUT2D eigenvalue weighted by atomic mass is 9.79. The molecule has 142 valence electrons. The minimum atomic E-state index is -0.904. The Balaban J connectivity index is 1.66. The van der Waals surface area contributed by atoms with Crippen LogP contribution in [0.1, 0.15) is 31.2 Å². The number of anilines is 1. The monoisotopic (exact) mass is 377 g/mol. The first-order chi connectivity index (χ1) is 12.9. The minimum absolute atomic E-state index is 0.0670. The molecule has 1 aliphatic carbocycles. The second-order valence-corrected chi connectivity index (χ2v) is 6.58. The van der Waals surface area contributed by atoms with Gasteiger partial charge >= 0.3 is 5.97 Å². The van der Waals surface area contributed by atoms with Crippen LogP contribution in [0, 0.1) is 17.5 Å². The van der Waals surface area contributed by atoms with Gasteiger partial charge in [-0.05, 0) is 42.7 Å². The second kappa shape index (κ2) is 7.82. The highest BCUT2D eigenvalue weighted by atomic mass is 19.1. The third kappa shape index (κ3) is 4.30. The summed E-state index contributed by atoms with van der Waals surface area (Å²) in [5.74, 6) is -3.33. The molecule has 1 aliphatic rings. The van der Waals surface area contributed by atoms with Crippen LogP contribution >= 0.6 is 0 Å². The molecule has 0 saturated heterocycles. The van der Waals surface area contributed by atoms with Gasteiger partial charge in [-0.1, -0.05) is 25.0 Å². The summed E-state index contributed by atoms with van der Waals surface area (Å²) in [4.78, 5) is 24.7. The average molecular weight is 377 g/mol. The molecule has 1 fully saturated rings. The summed E-state index contributed by atoms with van der Waals surface area (Å²) in [7, 11) is 0. The summed E-state index contributed by atoms with van der Waals surface area (Å²) >= 11 is 0. The molecule has 7 heteroatoms. The maximum atomic E-state index is 13.2. The van der Waals surface area contributed by atoms with Gasteiger partial charge in [0.1, 0.15) is 17.5 Å². The minimum Gasteiger partial charge on any atom is -0.455 e. The highest BCUT2D eigenvalue weighted by Gasteiger charge is 2.44. The molecule has 0 heterocycles. The first kappa shape index (κ1) is 18.9. The third-order valence-corrected chi connectivity index (χ3v) is 4.73. The summed E-state index contributed by atoms with van der Waals surface area (Å²) in [6.45, 7) is -0.583. The van der Waals surface area contributed by atoms with Crippen molar-refractivity contribution in [3.8, 4) is 0 Å². The van der Waals surface area contributed by atoms with Gasteiger partial charge in [0.15, 0.2) is 6.61 Å². The number of halogens is 3. The van der Waals surface area contributed by atoms with Crippen LogP contribution < -0.4 is 5.32 Å². The SMILES string of the molecule is O=C(COC(=O)C1(c2ccc(F)cc2)CCCC1)Nc1cc(F)cc(F)c1. The van der Waals surface area contributed by atoms with E-state index in [1.54, 1.807) is 12.1 Å². The zero-order valence-corrected chi connectivity index (χ0v) is 14.4. The topological polar surface area (TPSA) is 55.4 Å². The molecular formula is C20H18F3NO3. The Labute approximate surface area is 154 Å². The standard InChI is InChI=1S/C20H18F3NO3/c21-14-5-3-13(4-6-14)20(7-1-2-8-20)19(26)27-12-18(25)24-17-10-15(22)9-16(23)11-17/h3-6,9-11H,1-2,7-8,12H2,(H,24,25). The molecule has 0 aromatic heterocycles. The molecule has 1 N–H and O–H groups in total. The second-order valence-electron chi connectivity index (χ2n) is 6.58. The molecule has 3 rings (SSSR count). The zero-order valence-electron chi connectivity index (χ0n) is 14.4. The number of carbonyl (C=O) groups is 2. The number of amides is 1. The summed E-state index contributed by atoms with van der Waals surface area (Å²) in [6, 6.07) is 8.28. The maximum absolute atomic E-state index is 13.2. The number of carbonyl (C=O) groups excluding carboxylic acids is 2. The normalized spacial score (nSPS) is 15.4. The molecule has 2 aromatic rings. The molecule has 4 nitrogen and oxygen atoms in total. The Morgan fingerprint density at radius 3 is 2.11 bits per heavy atom. The van der Waals surface area contributed by atoms with Gasteiger partial charge in [-0.15, -0.1) is 0 Å². The predicted octanol–water partition coefficient (Wildman–Crippen LogP) is 4.10. The van der Waals surface area contributed by atoms with Gasteiger partial charge in [-0.2, -0.15) is 0 Å². The smallest absolute Gasteiger partial charge is 0.317 e. The van der Waals surface area contributed by atoms with Crippen LogP contribution in [0.25, 0.3) is 0 Å². The van der Waals surface area contributed by atoms with E-state index >= 15 is 0 Å². The molecule has 0 radical (unpaired) electrons. The fourth-order valence-corrected chi connectivity index (χ4v) is 3.45. The van der Waals surface area contributed by atoms with Crippen molar-refractivity contribution in [1.82, 2.24) is 0 Å². The van der Waals surface area contributed by atoms with E-state index < -0.39 is 41.4 Å². The van der Waals surface area contributed by atoms with E-state index in [9.17, 15) is 22.8 Å². The van der Waals surface area contributed by atoms with Gasteiger partial charge in [0.25, 0.3) is 5.91 Å². The van der Waals surface area contributed by atoms with Crippen LogP contribution in [0.15, 0.2) is 42.5 Å². The maximum Gasteiger partial charge on any atom is 0.317 e. The van der Waals surface area contributed by atoms with Crippen molar-refractivity contribution in [1.29, 1.82) is 0 Å². The van der Waals surface area contributed by atoms with E-state index in [1.165, 1.54) is 12.1 Å². The van der Waals surface area contributed by atoms with E-state index in [2.05, 4.69) is 5.32 Å². The Morgan fingerprint density at radius 1 is 0.926 bits per heavy atom. The largest absolute Gasteiger partial charge is 0.455 e. The number of hydrogen-bond donors (Lipinski definition) is 1. The predicted molar refractivity (Wildman–Crippen MR) is 92.5 cm³/mol. The van der Waals surface area contributed by atoms with Crippen molar-refractivity contribution < 1.29 is 27.5 Å². The third-order valence-electron chi connectivity index (χ3n) is 4.73. The van der Waals surface area contributed by atoms with Crippen molar-refractivity contribution in [3.05, 3.63) is 65.5 Å². The first-order valence-electron chi connectivity index (χ1n) is 8.58. The summed E-state index contributed by atoms with van der Waals surface area (Å²) in [6.07, 6.45) is 2.74. The van der Waals surface area contributed by atoms with Gasteiger partial charge in [0, 0.05) is 11.8 Å². The van der Waals surface area contributed by atoms with Crippen LogP contribution in [0.5, 0.6) is 0 Å². The van der Waals surface area contributed by atoms with Gasteiger partial charge < -0.3 is 10.1 Å². The number of nitrogens with one attached hydrogen (secondary N) is 1. The van der Waals surface area contributed by atoms with E-state index in [0.29, 0.717) is 24.5 Å². The molecule has 1 saturated carbocycles. The van der Waals surface area contributed by atoms with Crippen LogP contribution in [-0.2, 0) is 19.7 Å². The van der Waals surface area contributed by atoms with Crippen molar-refractivity contribution in [2.45, 2.75) is 31.1 Å². The molecule has 0 aliphatic heterocycles. The Bertz CT molecular complexity index is 826. The number of rotatable bonds is 5. The summed E-state index contributed by atoms with van der Waals surface area (Å²) in [5, 5.41) is 2.28. The number of ether oxygens (including phenoxy) is 1. The van der Waals surface area contributed by atoms with Gasteiger partial charge in [0.05, 0.1) is 5.41 Å². The van der Waals surface area contributed by atoms with Crippen molar-refractivity contribution in [2.75, 3.05) is 11.9 Å². The Kier molecular flexibility index (Phi) is 5.48. The highest BCUT2D eigenvalue weighted by Crippen LogP contribution is 2.42. The Hall–Kier alpha value is -2.83. The molecule has 0 atom stereocenters. The molecular weight excluding hydrogens is 359 g/mol. The first-order valence-corrected chi connectivity index (χ1v) is 8.58. The number of hydrogen-bond acceptors (Lipinski definition) is 3. The van der Waals surface area contributed by atoms with Crippen molar-refractivity contribution in [3.63, 3.8) is 0 Å². The lowest BCUT2D eigenvalue weighted by molar-refractivity contribution is -0.153. The Morgan fingerprint density at radius 2 is 1.52 bits per heavy atom. The van der Waals surface area contributed by atoms with Crippen molar-refractivity contribution in [2.24, 2.45) is 0 Å². The van der Waals surface area contributed by atoms with Crippen molar-refractivity contribution >= 4 is 17.6 Å². The fourth-order valence-electron chi connectivity index (χ4n) is 3.45. The van der Waals surface area contributed by atoms with Crippen LogP contribution in [0.4, 0.5) is 18.9 Å². The van der Waals surface area contributed by atoms with E-state index in [0.717, 1.165) is 25.0 Å². The summed E-state index contributed by atoms with van der Waals surface area (Å²) < 4.78 is 44.7. The quantitative estimate of drug-likeness (QED) is 0.799. The highest BCUT2D eigenvalue weighted by molar-refractivity contribution is 5.94. The van der Waals surface area contributed by atoms with E-state index in [4.69, 9.17) is 4.74 Å².